The number of Topliss-reactive ketones (excluding diaryl/α,β-unsaturated/α-hetero) is 1. The molecule has 1 aliphatic carbocycles. The second kappa shape index (κ2) is 5.92. The maximum absolute atomic E-state index is 13.1. The summed E-state index contributed by atoms with van der Waals surface area (Å²) in [7, 11) is 1.60. The predicted octanol–water partition coefficient (Wildman–Crippen LogP) is 4.48. The van der Waals surface area contributed by atoms with Gasteiger partial charge in [0.2, 0.25) is 0 Å². The van der Waals surface area contributed by atoms with Gasteiger partial charge in [0.15, 0.2) is 11.6 Å². The third-order valence-electron chi connectivity index (χ3n) is 4.76. The third-order valence-corrected chi connectivity index (χ3v) is 4.76. The highest BCUT2D eigenvalue weighted by Gasteiger charge is 2.34. The average molecular weight is 343 g/mol. The van der Waals surface area contributed by atoms with Crippen molar-refractivity contribution in [2.24, 2.45) is 0 Å². The predicted molar refractivity (Wildman–Crippen MR) is 99.8 cm³/mol. The van der Waals surface area contributed by atoms with Crippen molar-refractivity contribution in [1.82, 2.24) is 4.98 Å². The summed E-state index contributed by atoms with van der Waals surface area (Å²) in [5, 5.41) is 0. The first kappa shape index (κ1) is 16.2. The molecule has 4 heteroatoms. The zero-order valence-corrected chi connectivity index (χ0v) is 14.8. The smallest absolute Gasteiger partial charge is 0.196 e. The molecule has 1 aliphatic rings. The molecule has 0 atom stereocenters. The first-order chi connectivity index (χ1) is 12.5. The fourth-order valence-corrected chi connectivity index (χ4v) is 3.62. The first-order valence-electron chi connectivity index (χ1n) is 8.37. The van der Waals surface area contributed by atoms with Gasteiger partial charge in [-0.3, -0.25) is 14.6 Å². The van der Waals surface area contributed by atoms with E-state index in [9.17, 15) is 9.59 Å². The number of carbonyl (C=O) groups excluding carboxylic acids is 2. The van der Waals surface area contributed by atoms with Crippen LogP contribution in [0.1, 0.15) is 38.9 Å². The molecule has 0 radical (unpaired) electrons. The quantitative estimate of drug-likeness (QED) is 0.515. The molecule has 128 valence electrons. The molecule has 0 amide bonds. The highest BCUT2D eigenvalue weighted by molar-refractivity contribution is 6.25. The van der Waals surface area contributed by atoms with Crippen molar-refractivity contribution in [3.05, 3.63) is 70.9 Å². The van der Waals surface area contributed by atoms with Crippen LogP contribution in [0.15, 0.2) is 48.5 Å². The van der Waals surface area contributed by atoms with E-state index in [1.165, 1.54) is 6.92 Å². The van der Waals surface area contributed by atoms with E-state index in [2.05, 4.69) is 4.98 Å². The minimum Gasteiger partial charge on any atom is -0.497 e. The number of carbonyl (C=O) groups is 2. The highest BCUT2D eigenvalue weighted by atomic mass is 16.5. The van der Waals surface area contributed by atoms with Crippen LogP contribution in [0.4, 0.5) is 0 Å². The van der Waals surface area contributed by atoms with Crippen LogP contribution in [0.5, 0.6) is 5.75 Å². The number of hydrogen-bond acceptors (Lipinski definition) is 4. The Balaban J connectivity index is 2.08. The van der Waals surface area contributed by atoms with Gasteiger partial charge in [0.1, 0.15) is 5.75 Å². The molecule has 1 aromatic heterocycles. The minimum atomic E-state index is -0.104. The van der Waals surface area contributed by atoms with Gasteiger partial charge >= 0.3 is 0 Å². The Bertz CT molecular complexity index is 1070. The molecular formula is C22H17NO3. The van der Waals surface area contributed by atoms with Crippen LogP contribution < -0.4 is 4.74 Å². The van der Waals surface area contributed by atoms with Gasteiger partial charge in [-0.2, -0.15) is 0 Å². The van der Waals surface area contributed by atoms with Gasteiger partial charge in [0.05, 0.1) is 18.4 Å². The Morgan fingerprint density at radius 1 is 0.962 bits per heavy atom. The summed E-state index contributed by atoms with van der Waals surface area (Å²) >= 11 is 0. The molecule has 0 unspecified atom stereocenters. The molecule has 4 nitrogen and oxygen atoms in total. The molecule has 0 aliphatic heterocycles. The fraction of sp³-hybridized carbons (Fsp3) is 0.136. The van der Waals surface area contributed by atoms with E-state index in [-0.39, 0.29) is 11.6 Å². The number of methoxy groups -OCH3 is 1. The van der Waals surface area contributed by atoms with Crippen LogP contribution in [-0.2, 0) is 0 Å². The molecule has 2 aromatic carbocycles. The largest absolute Gasteiger partial charge is 0.497 e. The Kier molecular flexibility index (Phi) is 3.69. The van der Waals surface area contributed by atoms with Gasteiger partial charge in [-0.05, 0) is 31.5 Å². The van der Waals surface area contributed by atoms with Crippen LogP contribution in [-0.4, -0.2) is 23.7 Å². The van der Waals surface area contributed by atoms with E-state index >= 15 is 0 Å². The van der Waals surface area contributed by atoms with Gasteiger partial charge in [-0.25, -0.2) is 0 Å². The molecule has 26 heavy (non-hydrogen) atoms. The van der Waals surface area contributed by atoms with Gasteiger partial charge in [-0.15, -0.1) is 0 Å². The second-order valence-electron chi connectivity index (χ2n) is 6.33. The van der Waals surface area contributed by atoms with Crippen molar-refractivity contribution < 1.29 is 14.3 Å². The van der Waals surface area contributed by atoms with Gasteiger partial charge < -0.3 is 4.74 Å². The maximum Gasteiger partial charge on any atom is 0.196 e. The van der Waals surface area contributed by atoms with Crippen molar-refractivity contribution in [2.45, 2.75) is 13.8 Å². The zero-order valence-electron chi connectivity index (χ0n) is 14.8. The van der Waals surface area contributed by atoms with Gasteiger partial charge in [0, 0.05) is 27.9 Å². The van der Waals surface area contributed by atoms with Crippen molar-refractivity contribution >= 4 is 11.6 Å². The van der Waals surface area contributed by atoms with Gasteiger partial charge in [0.25, 0.3) is 0 Å². The van der Waals surface area contributed by atoms with Gasteiger partial charge in [-0.1, -0.05) is 36.4 Å². The number of benzene rings is 2. The van der Waals surface area contributed by atoms with Crippen LogP contribution in [0.3, 0.4) is 0 Å². The standard InChI is InChI=1S/C22H17NO3/c1-12-18(13(2)24)19(14-8-10-15(26-3)11-9-14)20-21(23-12)16-6-4-5-7-17(16)22(20)25/h4-11H,1-3H3. The summed E-state index contributed by atoms with van der Waals surface area (Å²) in [6.45, 7) is 3.32. The number of nitrogens with zero attached hydrogens (tertiary/aromatic N) is 1. The summed E-state index contributed by atoms with van der Waals surface area (Å²) in [5.41, 5.74) is 5.20. The highest BCUT2D eigenvalue weighted by Crippen LogP contribution is 2.43. The first-order valence-corrected chi connectivity index (χ1v) is 8.37. The monoisotopic (exact) mass is 343 g/mol. The number of ketones is 2. The Morgan fingerprint density at radius 3 is 2.23 bits per heavy atom. The van der Waals surface area contributed by atoms with E-state index in [0.717, 1.165) is 16.9 Å². The number of hydrogen-bond donors (Lipinski definition) is 0. The van der Waals surface area contributed by atoms with Crippen LogP contribution in [0.2, 0.25) is 0 Å². The van der Waals surface area contributed by atoms with E-state index < -0.39 is 0 Å². The lowest BCUT2D eigenvalue weighted by atomic mass is 9.90. The van der Waals surface area contributed by atoms with Crippen LogP contribution in [0.25, 0.3) is 22.4 Å². The SMILES string of the molecule is COc1ccc(-c2c(C(C)=O)c(C)nc3c2C(=O)c2ccccc2-3)cc1. The van der Waals surface area contributed by atoms with E-state index in [0.29, 0.717) is 33.6 Å². The molecule has 0 bridgehead atoms. The molecule has 0 spiro atoms. The summed E-state index contributed by atoms with van der Waals surface area (Å²) in [4.78, 5) is 30.1. The molecule has 3 aromatic rings. The summed E-state index contributed by atoms with van der Waals surface area (Å²) in [6, 6.07) is 14.8. The normalized spacial score (nSPS) is 11.9. The zero-order chi connectivity index (χ0) is 18.4. The molecule has 1 heterocycles. The lowest BCUT2D eigenvalue weighted by Gasteiger charge is -2.15. The van der Waals surface area contributed by atoms with Crippen LogP contribution in [0, 0.1) is 6.92 Å². The third kappa shape index (κ3) is 2.26. The van der Waals surface area contributed by atoms with E-state index in [1.54, 1.807) is 13.2 Å². The van der Waals surface area contributed by atoms with E-state index in [4.69, 9.17) is 4.74 Å². The molecule has 0 N–H and O–H groups in total. The summed E-state index contributed by atoms with van der Waals surface area (Å²) in [5.74, 6) is 0.527. The lowest BCUT2D eigenvalue weighted by molar-refractivity contribution is 0.101. The molecule has 4 rings (SSSR count). The Labute approximate surface area is 151 Å². The summed E-state index contributed by atoms with van der Waals surface area (Å²) in [6.07, 6.45) is 0. The fourth-order valence-electron chi connectivity index (χ4n) is 3.62. The number of ether oxygens (including phenoxy) is 1. The lowest BCUT2D eigenvalue weighted by Crippen LogP contribution is -2.09. The topological polar surface area (TPSA) is 56.3 Å². The number of fused-ring (bicyclic) bond motifs is 3. The van der Waals surface area contributed by atoms with Crippen molar-refractivity contribution in [3.8, 4) is 28.1 Å². The minimum absolute atomic E-state index is 0.0866. The number of aryl methyl sites for hydroxylation is 1. The molecule has 0 saturated carbocycles. The van der Waals surface area contributed by atoms with Crippen molar-refractivity contribution in [3.63, 3.8) is 0 Å². The second-order valence-corrected chi connectivity index (χ2v) is 6.33. The maximum atomic E-state index is 13.1. The van der Waals surface area contributed by atoms with Crippen LogP contribution >= 0.6 is 0 Å². The average Bonchev–Trinajstić information content (AvgIpc) is 2.93. The molecule has 0 saturated heterocycles. The Morgan fingerprint density at radius 2 is 1.62 bits per heavy atom. The Hall–Kier alpha value is -3.27. The molecule has 0 fully saturated rings. The molecular weight excluding hydrogens is 326 g/mol. The van der Waals surface area contributed by atoms with Crippen molar-refractivity contribution in [1.29, 1.82) is 0 Å². The van der Waals surface area contributed by atoms with E-state index in [1.807, 2.05) is 49.4 Å². The summed E-state index contributed by atoms with van der Waals surface area (Å²) < 4.78 is 5.22. The number of rotatable bonds is 3. The van der Waals surface area contributed by atoms with Crippen molar-refractivity contribution in [2.75, 3.05) is 7.11 Å². The number of pyridine rings is 1. The number of aromatic nitrogens is 1.